The molecule has 5 aromatic rings. The number of fused-ring (bicyclic) bond motifs is 2. The largest absolute Gasteiger partial charge is 0.489 e. The lowest BCUT2D eigenvalue weighted by atomic mass is 9.83. The van der Waals surface area contributed by atoms with Crippen LogP contribution in [0.25, 0.3) is 10.1 Å². The zero-order valence-electron chi connectivity index (χ0n) is 21.6. The summed E-state index contributed by atoms with van der Waals surface area (Å²) < 4.78 is 18.3. The minimum absolute atomic E-state index is 0.0320. The van der Waals surface area contributed by atoms with Gasteiger partial charge in [-0.1, -0.05) is 71.2 Å². The highest BCUT2D eigenvalue weighted by Gasteiger charge is 2.31. The first-order valence-corrected chi connectivity index (χ1v) is 14.5. The van der Waals surface area contributed by atoms with E-state index in [0.717, 1.165) is 21.2 Å². The van der Waals surface area contributed by atoms with Crippen LogP contribution < -0.4 is 19.9 Å². The smallest absolute Gasteiger partial charge is 0.355 e. The highest BCUT2D eigenvalue weighted by Crippen LogP contribution is 2.44. The number of halogens is 3. The molecular weight excluding hydrogens is 615 g/mol. The number of nitrogens with zero attached hydrogens (tertiary/aromatic N) is 1. The molecule has 10 heteroatoms. The van der Waals surface area contributed by atoms with Crippen LogP contribution in [0.1, 0.15) is 32.3 Å². The van der Waals surface area contributed by atoms with Crippen LogP contribution in [0.3, 0.4) is 0 Å². The van der Waals surface area contributed by atoms with Gasteiger partial charge in [0.1, 0.15) is 40.4 Å². The summed E-state index contributed by atoms with van der Waals surface area (Å²) >= 11 is 19.7. The zero-order valence-corrected chi connectivity index (χ0v) is 24.7. The van der Waals surface area contributed by atoms with Crippen molar-refractivity contribution in [1.29, 1.82) is 5.26 Å². The molecule has 1 aromatic heterocycles. The number of ether oxygens (including phenoxy) is 3. The van der Waals surface area contributed by atoms with Crippen molar-refractivity contribution in [3.63, 3.8) is 0 Å². The Balaban J connectivity index is 1.27. The summed E-state index contributed by atoms with van der Waals surface area (Å²) in [4.78, 5) is 13.3. The number of nitrogens with two attached hydrogens (primary N) is 1. The van der Waals surface area contributed by atoms with Gasteiger partial charge in [-0.05, 0) is 53.6 Å². The van der Waals surface area contributed by atoms with E-state index in [0.29, 0.717) is 38.7 Å². The number of benzene rings is 4. The van der Waals surface area contributed by atoms with Gasteiger partial charge in [-0.2, -0.15) is 5.26 Å². The van der Waals surface area contributed by atoms with Gasteiger partial charge in [0.2, 0.25) is 5.88 Å². The van der Waals surface area contributed by atoms with Crippen molar-refractivity contribution in [2.75, 3.05) is 0 Å². The van der Waals surface area contributed by atoms with E-state index in [1.165, 1.54) is 11.3 Å². The van der Waals surface area contributed by atoms with Gasteiger partial charge in [0, 0.05) is 31.8 Å². The fourth-order valence-corrected chi connectivity index (χ4v) is 6.48. The van der Waals surface area contributed by atoms with E-state index in [1.807, 2.05) is 36.4 Å². The van der Waals surface area contributed by atoms with E-state index in [-0.39, 0.29) is 22.1 Å². The summed E-state index contributed by atoms with van der Waals surface area (Å²) in [6.07, 6.45) is 0. The number of esters is 1. The first-order chi connectivity index (χ1) is 20.3. The maximum Gasteiger partial charge on any atom is 0.355 e. The molecule has 4 aromatic carbocycles. The zero-order chi connectivity index (χ0) is 29.4. The Morgan fingerprint density at radius 1 is 0.952 bits per heavy atom. The van der Waals surface area contributed by atoms with Gasteiger partial charge < -0.3 is 19.9 Å². The van der Waals surface area contributed by atoms with Crippen LogP contribution in [0.4, 0.5) is 0 Å². The summed E-state index contributed by atoms with van der Waals surface area (Å²) in [5, 5.41) is 12.2. The minimum atomic E-state index is -0.614. The van der Waals surface area contributed by atoms with Crippen molar-refractivity contribution >= 4 is 62.2 Å². The van der Waals surface area contributed by atoms with Gasteiger partial charge in [-0.25, -0.2) is 4.79 Å². The summed E-state index contributed by atoms with van der Waals surface area (Å²) in [6.45, 7) is 0.347. The third-order valence-corrected chi connectivity index (χ3v) is 8.81. The number of carbonyl (C=O) groups excluding carboxylic acids is 1. The molecule has 208 valence electrons. The molecule has 0 saturated carbocycles. The Kier molecular flexibility index (Phi) is 7.72. The van der Waals surface area contributed by atoms with Gasteiger partial charge in [-0.15, -0.1) is 11.3 Å². The van der Waals surface area contributed by atoms with E-state index in [1.54, 1.807) is 48.5 Å². The number of hydrogen-bond acceptors (Lipinski definition) is 7. The second-order valence-corrected chi connectivity index (χ2v) is 11.7. The molecule has 0 saturated heterocycles. The second-order valence-electron chi connectivity index (χ2n) is 9.39. The van der Waals surface area contributed by atoms with Crippen LogP contribution in [-0.2, 0) is 6.61 Å². The highest BCUT2D eigenvalue weighted by atomic mass is 35.5. The molecule has 6 nitrogen and oxygen atoms in total. The second kappa shape index (κ2) is 11.6. The maximum atomic E-state index is 13.1. The van der Waals surface area contributed by atoms with Crippen molar-refractivity contribution < 1.29 is 19.0 Å². The molecule has 2 heterocycles. The van der Waals surface area contributed by atoms with Gasteiger partial charge >= 0.3 is 5.97 Å². The Labute approximate surface area is 260 Å². The van der Waals surface area contributed by atoms with Gasteiger partial charge in [0.15, 0.2) is 0 Å². The normalized spacial score (nSPS) is 14.2. The molecule has 1 aliphatic heterocycles. The lowest BCUT2D eigenvalue weighted by Crippen LogP contribution is -2.21. The standard InChI is InChI=1S/C32H19Cl3N2O4S/c33-19-6-4-17(5-7-19)16-39-21-3-1-2-18(12-21)28-23-11-9-22(14-26(23)41-31(37)25(28)15-36)40-32(38)30-29(35)24-10-8-20(34)13-27(24)42-30/h1-14,28H,16,37H2. The predicted octanol–water partition coefficient (Wildman–Crippen LogP) is 8.88. The number of allylic oxidation sites excluding steroid dienone is 1. The number of rotatable bonds is 6. The monoisotopic (exact) mass is 632 g/mol. The number of thiophene rings is 1. The summed E-state index contributed by atoms with van der Waals surface area (Å²) in [7, 11) is 0. The first-order valence-electron chi connectivity index (χ1n) is 12.6. The molecule has 0 fully saturated rings. The van der Waals surface area contributed by atoms with Gasteiger partial charge in [-0.3, -0.25) is 0 Å². The Bertz CT molecular complexity index is 1930. The average Bonchev–Trinajstić information content (AvgIpc) is 3.31. The Morgan fingerprint density at radius 2 is 1.74 bits per heavy atom. The van der Waals surface area contributed by atoms with Crippen molar-refractivity contribution in [3.8, 4) is 23.3 Å². The van der Waals surface area contributed by atoms with Crippen LogP contribution in [0.5, 0.6) is 17.2 Å². The molecule has 1 unspecified atom stereocenters. The summed E-state index contributed by atoms with van der Waals surface area (Å²) in [5.74, 6) is 0.0513. The van der Waals surface area contributed by atoms with E-state index < -0.39 is 11.9 Å². The predicted molar refractivity (Wildman–Crippen MR) is 165 cm³/mol. The van der Waals surface area contributed by atoms with Crippen molar-refractivity contribution in [2.24, 2.45) is 5.73 Å². The molecular formula is C32H19Cl3N2O4S. The summed E-state index contributed by atoms with van der Waals surface area (Å²) in [6, 6.07) is 27.2. The SMILES string of the molecule is N#CC1=C(N)Oc2cc(OC(=O)c3sc4cc(Cl)ccc4c3Cl)ccc2C1c1cccc(OCc2ccc(Cl)cc2)c1. The molecule has 1 aliphatic rings. The molecule has 6 rings (SSSR count). The molecule has 0 bridgehead atoms. The molecule has 0 radical (unpaired) electrons. The first kappa shape index (κ1) is 28.0. The van der Waals surface area contributed by atoms with Crippen LogP contribution in [-0.4, -0.2) is 5.97 Å². The molecule has 42 heavy (non-hydrogen) atoms. The van der Waals surface area contributed by atoms with Crippen molar-refractivity contribution in [1.82, 2.24) is 0 Å². The highest BCUT2D eigenvalue weighted by molar-refractivity contribution is 7.21. The number of hydrogen-bond donors (Lipinski definition) is 1. The molecule has 1 atom stereocenters. The minimum Gasteiger partial charge on any atom is -0.489 e. The Morgan fingerprint density at radius 3 is 2.52 bits per heavy atom. The number of nitriles is 1. The third-order valence-electron chi connectivity index (χ3n) is 6.69. The lowest BCUT2D eigenvalue weighted by molar-refractivity contribution is 0.0740. The average molecular weight is 634 g/mol. The molecule has 0 aliphatic carbocycles. The molecule has 0 amide bonds. The third kappa shape index (κ3) is 5.50. The van der Waals surface area contributed by atoms with Gasteiger partial charge in [0.05, 0.1) is 10.9 Å². The van der Waals surface area contributed by atoms with Crippen LogP contribution in [0, 0.1) is 11.3 Å². The quantitative estimate of drug-likeness (QED) is 0.148. The Hall–Kier alpha value is -4.19. The van der Waals surface area contributed by atoms with E-state index >= 15 is 0 Å². The van der Waals surface area contributed by atoms with Crippen LogP contribution in [0.2, 0.25) is 15.1 Å². The molecule has 2 N–H and O–H groups in total. The van der Waals surface area contributed by atoms with Gasteiger partial charge in [0.25, 0.3) is 0 Å². The summed E-state index contributed by atoms with van der Waals surface area (Å²) in [5.41, 5.74) is 8.89. The molecule has 0 spiro atoms. The van der Waals surface area contributed by atoms with E-state index in [2.05, 4.69) is 6.07 Å². The van der Waals surface area contributed by atoms with E-state index in [4.69, 9.17) is 54.7 Å². The van der Waals surface area contributed by atoms with Crippen molar-refractivity contribution in [3.05, 3.63) is 133 Å². The fourth-order valence-electron chi connectivity index (χ4n) is 4.70. The lowest BCUT2D eigenvalue weighted by Gasteiger charge is -2.27. The number of carbonyl (C=O) groups is 1. The van der Waals surface area contributed by atoms with Crippen molar-refractivity contribution in [2.45, 2.75) is 12.5 Å². The topological polar surface area (TPSA) is 94.6 Å². The van der Waals surface area contributed by atoms with Crippen LogP contribution >= 0.6 is 46.1 Å². The van der Waals surface area contributed by atoms with Crippen LogP contribution in [0.15, 0.2) is 96.4 Å². The maximum absolute atomic E-state index is 13.1. The van der Waals surface area contributed by atoms with E-state index in [9.17, 15) is 10.1 Å². The fraction of sp³-hybridized carbons (Fsp3) is 0.0625.